The van der Waals surface area contributed by atoms with Gasteiger partial charge in [0, 0.05) is 5.88 Å². The normalized spacial score (nSPS) is 10.2. The standard InChI is InChI=1S/C10H7ClFN/c11-5-1-2-8-6-10(12)4-3-9(8)7-13/h1-4,6H,5H2. The summed E-state index contributed by atoms with van der Waals surface area (Å²) in [6, 6.07) is 5.99. The molecule has 0 spiro atoms. The molecule has 0 aromatic heterocycles. The van der Waals surface area contributed by atoms with Gasteiger partial charge >= 0.3 is 0 Å². The summed E-state index contributed by atoms with van der Waals surface area (Å²) < 4.78 is 12.7. The maximum atomic E-state index is 12.7. The van der Waals surface area contributed by atoms with E-state index in [0.717, 1.165) is 0 Å². The van der Waals surface area contributed by atoms with Crippen LogP contribution in [-0.4, -0.2) is 5.88 Å². The van der Waals surface area contributed by atoms with Crippen molar-refractivity contribution in [3.05, 3.63) is 41.2 Å². The minimum Gasteiger partial charge on any atom is -0.207 e. The lowest BCUT2D eigenvalue weighted by atomic mass is 10.1. The van der Waals surface area contributed by atoms with E-state index in [9.17, 15) is 4.39 Å². The maximum Gasteiger partial charge on any atom is 0.123 e. The number of nitriles is 1. The summed E-state index contributed by atoms with van der Waals surface area (Å²) in [4.78, 5) is 0. The lowest BCUT2D eigenvalue weighted by Gasteiger charge is -1.96. The van der Waals surface area contributed by atoms with Gasteiger partial charge in [0.25, 0.3) is 0 Å². The molecule has 0 atom stereocenters. The van der Waals surface area contributed by atoms with E-state index in [2.05, 4.69) is 0 Å². The van der Waals surface area contributed by atoms with Crippen LogP contribution in [0.5, 0.6) is 0 Å². The summed E-state index contributed by atoms with van der Waals surface area (Å²) in [5.41, 5.74) is 1.01. The maximum absolute atomic E-state index is 12.7. The highest BCUT2D eigenvalue weighted by Crippen LogP contribution is 2.12. The SMILES string of the molecule is N#Cc1ccc(F)cc1C=CCCl. The van der Waals surface area contributed by atoms with Gasteiger partial charge in [-0.3, -0.25) is 0 Å². The Morgan fingerprint density at radius 3 is 2.92 bits per heavy atom. The van der Waals surface area contributed by atoms with Gasteiger partial charge in [0.2, 0.25) is 0 Å². The van der Waals surface area contributed by atoms with Crippen LogP contribution in [0.25, 0.3) is 6.08 Å². The van der Waals surface area contributed by atoms with Gasteiger partial charge in [-0.15, -0.1) is 11.6 Å². The van der Waals surface area contributed by atoms with Crippen LogP contribution >= 0.6 is 11.6 Å². The first-order valence-electron chi connectivity index (χ1n) is 3.70. The van der Waals surface area contributed by atoms with Crippen molar-refractivity contribution in [1.29, 1.82) is 5.26 Å². The van der Waals surface area contributed by atoms with E-state index < -0.39 is 0 Å². The minimum absolute atomic E-state index is 0.349. The Morgan fingerprint density at radius 1 is 1.54 bits per heavy atom. The van der Waals surface area contributed by atoms with E-state index >= 15 is 0 Å². The lowest BCUT2D eigenvalue weighted by Crippen LogP contribution is -1.84. The molecule has 0 saturated heterocycles. The van der Waals surface area contributed by atoms with E-state index in [1.165, 1.54) is 18.2 Å². The van der Waals surface area contributed by atoms with Crippen molar-refractivity contribution in [2.24, 2.45) is 0 Å². The summed E-state index contributed by atoms with van der Waals surface area (Å²) in [6.07, 6.45) is 3.30. The van der Waals surface area contributed by atoms with Gasteiger partial charge in [-0.05, 0) is 23.8 Å². The van der Waals surface area contributed by atoms with Crippen molar-refractivity contribution >= 4 is 17.7 Å². The minimum atomic E-state index is -0.353. The predicted octanol–water partition coefficient (Wildman–Crippen LogP) is 2.95. The number of hydrogen-bond donors (Lipinski definition) is 0. The Hall–Kier alpha value is -1.33. The van der Waals surface area contributed by atoms with Crippen molar-refractivity contribution in [2.45, 2.75) is 0 Å². The molecule has 13 heavy (non-hydrogen) atoms. The summed E-state index contributed by atoms with van der Waals surface area (Å²) in [7, 11) is 0. The van der Waals surface area contributed by atoms with Gasteiger partial charge in [-0.25, -0.2) is 4.39 Å². The van der Waals surface area contributed by atoms with Gasteiger partial charge in [-0.1, -0.05) is 12.2 Å². The molecule has 1 aromatic carbocycles. The molecule has 0 amide bonds. The van der Waals surface area contributed by atoms with Crippen molar-refractivity contribution in [2.75, 3.05) is 5.88 Å². The second kappa shape index (κ2) is 4.64. The van der Waals surface area contributed by atoms with Crippen molar-refractivity contribution < 1.29 is 4.39 Å². The van der Waals surface area contributed by atoms with Crippen LogP contribution in [0.2, 0.25) is 0 Å². The average molecular weight is 196 g/mol. The Bertz CT molecular complexity index is 366. The van der Waals surface area contributed by atoms with Crippen LogP contribution in [-0.2, 0) is 0 Å². The average Bonchev–Trinajstić information content (AvgIpc) is 2.15. The van der Waals surface area contributed by atoms with Crippen LogP contribution < -0.4 is 0 Å². The van der Waals surface area contributed by atoms with Crippen LogP contribution in [0.15, 0.2) is 24.3 Å². The zero-order chi connectivity index (χ0) is 9.68. The van der Waals surface area contributed by atoms with Crippen molar-refractivity contribution in [3.63, 3.8) is 0 Å². The van der Waals surface area contributed by atoms with Gasteiger partial charge in [-0.2, -0.15) is 5.26 Å². The molecule has 0 heterocycles. The van der Waals surface area contributed by atoms with Gasteiger partial charge in [0.05, 0.1) is 11.6 Å². The highest BCUT2D eigenvalue weighted by atomic mass is 35.5. The summed E-state index contributed by atoms with van der Waals surface area (Å²) in [5.74, 6) is -0.00490. The lowest BCUT2D eigenvalue weighted by molar-refractivity contribution is 0.627. The number of nitrogens with zero attached hydrogens (tertiary/aromatic N) is 1. The Balaban J connectivity index is 3.10. The third kappa shape index (κ3) is 2.57. The predicted molar refractivity (Wildman–Crippen MR) is 50.9 cm³/mol. The van der Waals surface area contributed by atoms with Crippen LogP contribution in [0, 0.1) is 17.1 Å². The molecule has 0 aliphatic heterocycles. The van der Waals surface area contributed by atoms with E-state index in [1.807, 2.05) is 6.07 Å². The van der Waals surface area contributed by atoms with Crippen LogP contribution in [0.1, 0.15) is 11.1 Å². The largest absolute Gasteiger partial charge is 0.207 e. The second-order valence-electron chi connectivity index (χ2n) is 2.40. The molecule has 0 radical (unpaired) electrons. The third-order valence-electron chi connectivity index (χ3n) is 1.52. The topological polar surface area (TPSA) is 23.8 Å². The molecule has 1 nitrogen and oxygen atoms in total. The van der Waals surface area contributed by atoms with E-state index in [4.69, 9.17) is 16.9 Å². The van der Waals surface area contributed by atoms with Crippen LogP contribution in [0.3, 0.4) is 0 Å². The zero-order valence-corrected chi connectivity index (χ0v) is 7.55. The molecule has 0 fully saturated rings. The molecule has 66 valence electrons. The molecular formula is C10H7ClFN. The fourth-order valence-corrected chi connectivity index (χ4v) is 1.03. The van der Waals surface area contributed by atoms with Crippen molar-refractivity contribution in [3.8, 4) is 6.07 Å². The van der Waals surface area contributed by atoms with E-state index in [-0.39, 0.29) is 5.82 Å². The summed E-state index contributed by atoms with van der Waals surface area (Å²) >= 11 is 5.42. The fourth-order valence-electron chi connectivity index (χ4n) is 0.945. The second-order valence-corrected chi connectivity index (χ2v) is 2.71. The van der Waals surface area contributed by atoms with Gasteiger partial charge in [0.1, 0.15) is 5.82 Å². The molecule has 0 unspecified atom stereocenters. The van der Waals surface area contributed by atoms with Gasteiger partial charge < -0.3 is 0 Å². The Kier molecular flexibility index (Phi) is 3.48. The van der Waals surface area contributed by atoms with Crippen LogP contribution in [0.4, 0.5) is 4.39 Å². The first-order valence-corrected chi connectivity index (χ1v) is 4.23. The number of allylic oxidation sites excluding steroid dienone is 1. The summed E-state index contributed by atoms with van der Waals surface area (Å²) in [5, 5.41) is 8.67. The molecule has 0 aliphatic rings. The van der Waals surface area contributed by atoms with Crippen molar-refractivity contribution in [1.82, 2.24) is 0 Å². The first-order chi connectivity index (χ1) is 6.27. The van der Waals surface area contributed by atoms with Gasteiger partial charge in [0.15, 0.2) is 0 Å². The molecule has 1 aromatic rings. The molecule has 1 rings (SSSR count). The Labute approximate surface area is 81.1 Å². The highest BCUT2D eigenvalue weighted by molar-refractivity contribution is 6.19. The molecular weight excluding hydrogens is 189 g/mol. The number of hydrogen-bond acceptors (Lipinski definition) is 1. The fraction of sp³-hybridized carbons (Fsp3) is 0.100. The number of rotatable bonds is 2. The molecule has 3 heteroatoms. The summed E-state index contributed by atoms with van der Waals surface area (Å²) in [6.45, 7) is 0. The Morgan fingerprint density at radius 2 is 2.31 bits per heavy atom. The molecule has 0 aliphatic carbocycles. The monoisotopic (exact) mass is 195 g/mol. The number of alkyl halides is 1. The molecule has 0 bridgehead atoms. The third-order valence-corrected chi connectivity index (χ3v) is 1.70. The highest BCUT2D eigenvalue weighted by Gasteiger charge is 1.99. The quantitative estimate of drug-likeness (QED) is 0.666. The number of benzene rings is 1. The smallest absolute Gasteiger partial charge is 0.123 e. The molecule has 0 N–H and O–H groups in total. The zero-order valence-electron chi connectivity index (χ0n) is 6.80. The first kappa shape index (κ1) is 9.76. The number of halogens is 2. The van der Waals surface area contributed by atoms with E-state index in [1.54, 1.807) is 12.2 Å². The molecule has 0 saturated carbocycles. The van der Waals surface area contributed by atoms with E-state index in [0.29, 0.717) is 17.0 Å².